The number of methoxy groups -OCH3 is 2. The number of imidazole rings is 1. The maximum absolute atomic E-state index is 11.2. The smallest absolute Gasteiger partial charge is 0.181 e. The zero-order valence-electron chi connectivity index (χ0n) is 23.1. The van der Waals surface area contributed by atoms with Crippen LogP contribution in [0.3, 0.4) is 0 Å². The first kappa shape index (κ1) is 28.1. The van der Waals surface area contributed by atoms with Gasteiger partial charge in [0.25, 0.3) is 0 Å². The predicted octanol–water partition coefficient (Wildman–Crippen LogP) is 4.85. The number of halogens is 1. The molecule has 0 bridgehead atoms. The molecule has 0 unspecified atom stereocenters. The third-order valence-electron chi connectivity index (χ3n) is 7.59. The van der Waals surface area contributed by atoms with Crippen LogP contribution in [-0.4, -0.2) is 57.7 Å². The minimum atomic E-state index is -1.04. The normalized spacial score (nSPS) is 18.8. The second-order valence-electron chi connectivity index (χ2n) is 9.93. The number of rotatable bonds is 9. The molecule has 1 saturated heterocycles. The number of nitrogens with zero attached hydrogens (tertiary/aromatic N) is 4. The lowest BCUT2D eigenvalue weighted by molar-refractivity contribution is -0.0934. The average Bonchev–Trinajstić information content (AvgIpc) is 3.57. The Morgan fingerprint density at radius 3 is 2.12 bits per heavy atom. The van der Waals surface area contributed by atoms with Crippen molar-refractivity contribution in [3.8, 4) is 11.5 Å². The summed E-state index contributed by atoms with van der Waals surface area (Å²) in [6.45, 7) is 0.0893. The standard InChI is InChI=1S/C31H30BrN5O5/c1-39-22-12-8-20(9-13-22)31(19-6-4-3-5-7-19,21-10-14-23(40-2)15-11-21)41-17-25-24(38)16-26(42-25)37-29-27(36-30(37)32)28(33)34-18-35-29/h3-15,18,24-26,38H,16-17H2,1-2H3,(H2,33,34,35)/t24-,25+,26+/m0/s1. The van der Waals surface area contributed by atoms with Gasteiger partial charge in [0.15, 0.2) is 21.7 Å². The second kappa shape index (κ2) is 11.7. The van der Waals surface area contributed by atoms with Gasteiger partial charge < -0.3 is 29.8 Å². The first-order chi connectivity index (χ1) is 20.4. The molecule has 216 valence electrons. The van der Waals surface area contributed by atoms with Gasteiger partial charge in [0.05, 0.1) is 26.9 Å². The van der Waals surface area contributed by atoms with E-state index >= 15 is 0 Å². The second-order valence-corrected chi connectivity index (χ2v) is 10.6. The quantitative estimate of drug-likeness (QED) is 0.173. The molecule has 0 spiro atoms. The molecular formula is C31H30BrN5O5. The van der Waals surface area contributed by atoms with Crippen molar-refractivity contribution in [3.05, 3.63) is 107 Å². The molecule has 3 aromatic carbocycles. The summed E-state index contributed by atoms with van der Waals surface area (Å²) in [7, 11) is 3.27. The van der Waals surface area contributed by atoms with Crippen LogP contribution in [0.15, 0.2) is 89.9 Å². The van der Waals surface area contributed by atoms with E-state index in [4.69, 9.17) is 24.7 Å². The van der Waals surface area contributed by atoms with Crippen LogP contribution in [0, 0.1) is 0 Å². The first-order valence-corrected chi connectivity index (χ1v) is 14.2. The average molecular weight is 633 g/mol. The van der Waals surface area contributed by atoms with Crippen molar-refractivity contribution >= 4 is 32.9 Å². The molecule has 11 heteroatoms. The topological polar surface area (TPSA) is 127 Å². The molecule has 5 aromatic rings. The van der Waals surface area contributed by atoms with Gasteiger partial charge >= 0.3 is 0 Å². The zero-order valence-corrected chi connectivity index (χ0v) is 24.6. The third kappa shape index (κ3) is 4.98. The molecule has 2 aromatic heterocycles. The number of hydrogen-bond donors (Lipinski definition) is 2. The van der Waals surface area contributed by atoms with Crippen LogP contribution in [0.4, 0.5) is 5.82 Å². The number of nitrogens with two attached hydrogens (primary N) is 1. The molecule has 3 atom stereocenters. The minimum Gasteiger partial charge on any atom is -0.497 e. The predicted molar refractivity (Wildman–Crippen MR) is 160 cm³/mol. The van der Waals surface area contributed by atoms with Gasteiger partial charge in [-0.25, -0.2) is 15.0 Å². The van der Waals surface area contributed by atoms with Crippen molar-refractivity contribution in [2.45, 2.75) is 30.5 Å². The van der Waals surface area contributed by atoms with Crippen molar-refractivity contribution in [1.82, 2.24) is 19.5 Å². The Labute approximate surface area is 251 Å². The van der Waals surface area contributed by atoms with Gasteiger partial charge in [-0.2, -0.15) is 0 Å². The highest BCUT2D eigenvalue weighted by molar-refractivity contribution is 9.10. The summed E-state index contributed by atoms with van der Waals surface area (Å²) in [5.41, 5.74) is 8.65. The monoisotopic (exact) mass is 631 g/mol. The molecule has 1 fully saturated rings. The van der Waals surface area contributed by atoms with Crippen LogP contribution in [0.25, 0.3) is 11.2 Å². The summed E-state index contributed by atoms with van der Waals surface area (Å²) < 4.78 is 26.5. The van der Waals surface area contributed by atoms with Crippen LogP contribution in [0.1, 0.15) is 29.3 Å². The molecule has 0 amide bonds. The van der Waals surface area contributed by atoms with Gasteiger partial charge in [-0.3, -0.25) is 4.57 Å². The Bertz CT molecular complexity index is 1620. The number of benzene rings is 3. The molecule has 3 heterocycles. The lowest BCUT2D eigenvalue weighted by Crippen LogP contribution is -2.38. The van der Waals surface area contributed by atoms with E-state index in [1.165, 1.54) is 6.33 Å². The van der Waals surface area contributed by atoms with Crippen molar-refractivity contribution in [3.63, 3.8) is 0 Å². The molecule has 1 aliphatic heterocycles. The van der Waals surface area contributed by atoms with Crippen LogP contribution >= 0.6 is 15.9 Å². The van der Waals surface area contributed by atoms with Crippen LogP contribution in [-0.2, 0) is 15.1 Å². The van der Waals surface area contributed by atoms with Gasteiger partial charge in [0, 0.05) is 6.42 Å². The fourth-order valence-electron chi connectivity index (χ4n) is 5.46. The Hall–Kier alpha value is -4.03. The largest absolute Gasteiger partial charge is 0.497 e. The van der Waals surface area contributed by atoms with E-state index in [1.54, 1.807) is 18.8 Å². The summed E-state index contributed by atoms with van der Waals surface area (Å²) >= 11 is 3.49. The van der Waals surface area contributed by atoms with Gasteiger partial charge in [0.1, 0.15) is 35.8 Å². The number of anilines is 1. The zero-order chi connectivity index (χ0) is 29.3. The Morgan fingerprint density at radius 2 is 1.52 bits per heavy atom. The van der Waals surface area contributed by atoms with E-state index in [2.05, 4.69) is 30.9 Å². The summed E-state index contributed by atoms with van der Waals surface area (Å²) in [4.78, 5) is 12.8. The number of aliphatic hydroxyl groups is 1. The number of aromatic nitrogens is 4. The molecule has 0 aliphatic carbocycles. The first-order valence-electron chi connectivity index (χ1n) is 13.4. The maximum Gasteiger partial charge on any atom is 0.181 e. The highest BCUT2D eigenvalue weighted by Crippen LogP contribution is 2.43. The summed E-state index contributed by atoms with van der Waals surface area (Å²) in [6.07, 6.45) is -0.301. The Balaban J connectivity index is 1.38. The summed E-state index contributed by atoms with van der Waals surface area (Å²) in [5, 5.41) is 11.2. The van der Waals surface area contributed by atoms with Crippen molar-refractivity contribution in [2.75, 3.05) is 26.6 Å². The fraction of sp³-hybridized carbons (Fsp3) is 0.258. The third-order valence-corrected chi connectivity index (χ3v) is 8.15. The molecule has 6 rings (SSSR count). The lowest BCUT2D eigenvalue weighted by Gasteiger charge is -2.37. The number of ether oxygens (including phenoxy) is 4. The highest BCUT2D eigenvalue weighted by Gasteiger charge is 2.42. The SMILES string of the molecule is COc1ccc(C(OC[C@H]2O[C@@H](n3c(Br)nc4c(N)ncnc43)C[C@@H]2O)(c2ccccc2)c2ccc(OC)cc2)cc1. The number of hydrogen-bond acceptors (Lipinski definition) is 9. The molecule has 3 N–H and O–H groups in total. The summed E-state index contributed by atoms with van der Waals surface area (Å²) in [6, 6.07) is 25.6. The molecule has 0 radical (unpaired) electrons. The van der Waals surface area contributed by atoms with E-state index in [0.717, 1.165) is 28.2 Å². The highest BCUT2D eigenvalue weighted by atomic mass is 79.9. The van der Waals surface area contributed by atoms with Crippen molar-refractivity contribution < 1.29 is 24.1 Å². The minimum absolute atomic E-state index is 0.0893. The lowest BCUT2D eigenvalue weighted by atomic mass is 9.80. The molecule has 10 nitrogen and oxygen atoms in total. The van der Waals surface area contributed by atoms with Crippen LogP contribution in [0.5, 0.6) is 11.5 Å². The van der Waals surface area contributed by atoms with Gasteiger partial charge in [-0.15, -0.1) is 0 Å². The molecule has 42 heavy (non-hydrogen) atoms. The van der Waals surface area contributed by atoms with Crippen LogP contribution in [0.2, 0.25) is 0 Å². The van der Waals surface area contributed by atoms with E-state index in [9.17, 15) is 5.11 Å². The Kier molecular flexibility index (Phi) is 7.82. The number of fused-ring (bicyclic) bond motifs is 1. The van der Waals surface area contributed by atoms with Gasteiger partial charge in [-0.05, 0) is 56.9 Å². The molecule has 1 aliphatic rings. The molecular weight excluding hydrogens is 602 g/mol. The van der Waals surface area contributed by atoms with E-state index in [1.807, 2.05) is 78.9 Å². The summed E-state index contributed by atoms with van der Waals surface area (Å²) in [5.74, 6) is 1.73. The fourth-order valence-corrected chi connectivity index (χ4v) is 6.03. The Morgan fingerprint density at radius 1 is 0.929 bits per heavy atom. The van der Waals surface area contributed by atoms with Gasteiger partial charge in [0.2, 0.25) is 0 Å². The number of aliphatic hydroxyl groups excluding tert-OH is 1. The van der Waals surface area contributed by atoms with Crippen LogP contribution < -0.4 is 15.2 Å². The van der Waals surface area contributed by atoms with E-state index < -0.39 is 24.0 Å². The van der Waals surface area contributed by atoms with Crippen molar-refractivity contribution in [1.29, 1.82) is 0 Å². The van der Waals surface area contributed by atoms with Gasteiger partial charge in [-0.1, -0.05) is 54.6 Å². The van der Waals surface area contributed by atoms with E-state index in [-0.39, 0.29) is 12.4 Å². The van der Waals surface area contributed by atoms with Crippen molar-refractivity contribution in [2.24, 2.45) is 0 Å². The number of nitrogen functional groups attached to an aromatic ring is 1. The molecule has 0 saturated carbocycles. The maximum atomic E-state index is 11.2. The van der Waals surface area contributed by atoms with E-state index in [0.29, 0.717) is 22.3 Å².